The van der Waals surface area contributed by atoms with Crippen LogP contribution in [0.4, 0.5) is 16.0 Å². The third kappa shape index (κ3) is 5.28. The average molecular weight is 437 g/mol. The molecule has 0 fully saturated rings. The molecule has 3 aromatic rings. The van der Waals surface area contributed by atoms with E-state index in [1.165, 1.54) is 35.6 Å². The molecule has 3 rings (SSSR count). The van der Waals surface area contributed by atoms with Gasteiger partial charge in [0.25, 0.3) is 11.6 Å². The van der Waals surface area contributed by atoms with Crippen LogP contribution in [0, 0.1) is 17.0 Å². The number of nitrogens with one attached hydrogen (secondary N) is 2. The number of nitrogens with zero attached hydrogens (tertiary/aromatic N) is 5. The molecule has 2 N–H and O–H groups in total. The lowest BCUT2D eigenvalue weighted by atomic mass is 10.2. The summed E-state index contributed by atoms with van der Waals surface area (Å²) in [6.45, 7) is 1.78. The van der Waals surface area contributed by atoms with Crippen molar-refractivity contribution in [3.8, 4) is 0 Å². The molecule has 0 radical (unpaired) electrons. The summed E-state index contributed by atoms with van der Waals surface area (Å²) in [5, 5.41) is 32.7. The van der Waals surface area contributed by atoms with E-state index in [1.807, 2.05) is 0 Å². The third-order valence-corrected chi connectivity index (χ3v) is 5.77. The highest BCUT2D eigenvalue weighted by atomic mass is 32.2. The van der Waals surface area contributed by atoms with Crippen molar-refractivity contribution in [1.29, 1.82) is 0 Å². The molecule has 0 aliphatic heterocycles. The molecular weight excluding hydrogens is 426 g/mol. The molecule has 0 saturated heterocycles. The normalized spacial score (nSPS) is 10.5. The lowest BCUT2D eigenvalue weighted by molar-refractivity contribution is -0.384. The smallest absolute Gasteiger partial charge is 0.270 e. The van der Waals surface area contributed by atoms with Crippen molar-refractivity contribution in [2.75, 3.05) is 16.4 Å². The molecule has 0 aliphatic rings. The molecule has 2 heterocycles. The highest BCUT2D eigenvalue weighted by molar-refractivity contribution is 8.01. The number of aromatic nitrogens is 4. The predicted octanol–water partition coefficient (Wildman–Crippen LogP) is 2.59. The van der Waals surface area contributed by atoms with E-state index in [-0.39, 0.29) is 28.0 Å². The maximum atomic E-state index is 12.2. The van der Waals surface area contributed by atoms with Crippen LogP contribution in [0.3, 0.4) is 0 Å². The summed E-state index contributed by atoms with van der Waals surface area (Å²) in [5.74, 6) is -0.717. The zero-order valence-electron chi connectivity index (χ0n) is 14.1. The van der Waals surface area contributed by atoms with E-state index in [9.17, 15) is 19.7 Å². The van der Waals surface area contributed by atoms with Crippen molar-refractivity contribution in [2.45, 2.75) is 11.3 Å². The minimum absolute atomic E-state index is 0.0894. The van der Waals surface area contributed by atoms with Crippen LogP contribution < -0.4 is 10.6 Å². The van der Waals surface area contributed by atoms with Gasteiger partial charge in [-0.1, -0.05) is 40.5 Å². The first-order valence-electron chi connectivity index (χ1n) is 7.53. The van der Waals surface area contributed by atoms with Crippen LogP contribution in [-0.4, -0.2) is 42.9 Å². The van der Waals surface area contributed by atoms with Crippen LogP contribution in [0.5, 0.6) is 0 Å². The first-order valence-corrected chi connectivity index (χ1v) is 10.1. The number of nitro groups is 1. The summed E-state index contributed by atoms with van der Waals surface area (Å²) in [5.41, 5.74) is -0.0527. The Hall–Kier alpha value is -2.97. The third-order valence-electron chi connectivity index (χ3n) is 3.05. The SMILES string of the molecule is Cc1nnc(NC(=O)CSc2nnc(NC(=O)c3cccc([N+](=O)[O-])c3)s2)s1. The van der Waals surface area contributed by atoms with Gasteiger partial charge in [-0.05, 0) is 13.0 Å². The second kappa shape index (κ2) is 8.81. The standard InChI is InChI=1S/C14H11N7O4S3/c1-7-17-18-12(27-7)15-10(22)6-26-14-20-19-13(28-14)16-11(23)8-3-2-4-9(5-8)21(24)25/h2-5H,6H2,1H3,(H,15,18,22)(H,16,19,23). The van der Waals surface area contributed by atoms with Crippen molar-refractivity contribution in [2.24, 2.45) is 0 Å². The number of anilines is 2. The van der Waals surface area contributed by atoms with E-state index in [1.54, 1.807) is 6.92 Å². The Labute approximate surface area is 169 Å². The second-order valence-corrected chi connectivity index (χ2v) is 8.48. The fourth-order valence-corrected chi connectivity index (χ4v) is 4.03. The Bertz CT molecular complexity index is 1040. The Morgan fingerprint density at radius 3 is 2.61 bits per heavy atom. The Kier molecular flexibility index (Phi) is 6.23. The summed E-state index contributed by atoms with van der Waals surface area (Å²) in [6.07, 6.45) is 0. The fraction of sp³-hybridized carbons (Fsp3) is 0.143. The predicted molar refractivity (Wildman–Crippen MR) is 105 cm³/mol. The molecule has 2 amide bonds. The number of non-ortho nitro benzene ring substituents is 1. The largest absolute Gasteiger partial charge is 0.300 e. The molecule has 0 aliphatic carbocycles. The van der Waals surface area contributed by atoms with Crippen LogP contribution in [0.25, 0.3) is 0 Å². The zero-order chi connectivity index (χ0) is 20.1. The topological polar surface area (TPSA) is 153 Å². The van der Waals surface area contributed by atoms with E-state index in [4.69, 9.17) is 0 Å². The van der Waals surface area contributed by atoms with Crippen LogP contribution in [0.15, 0.2) is 28.6 Å². The van der Waals surface area contributed by atoms with Gasteiger partial charge in [0.05, 0.1) is 10.7 Å². The van der Waals surface area contributed by atoms with Gasteiger partial charge in [-0.2, -0.15) is 0 Å². The van der Waals surface area contributed by atoms with Gasteiger partial charge in [0.2, 0.25) is 16.2 Å². The number of benzene rings is 1. The van der Waals surface area contributed by atoms with Gasteiger partial charge < -0.3 is 0 Å². The average Bonchev–Trinajstić information content (AvgIpc) is 3.28. The first kappa shape index (κ1) is 19.8. The van der Waals surface area contributed by atoms with Gasteiger partial charge >= 0.3 is 0 Å². The van der Waals surface area contributed by atoms with Crippen molar-refractivity contribution < 1.29 is 14.5 Å². The van der Waals surface area contributed by atoms with Crippen molar-refractivity contribution in [3.63, 3.8) is 0 Å². The summed E-state index contributed by atoms with van der Waals surface area (Å²) in [7, 11) is 0. The highest BCUT2D eigenvalue weighted by Crippen LogP contribution is 2.26. The lowest BCUT2D eigenvalue weighted by Crippen LogP contribution is -2.13. The molecule has 144 valence electrons. The van der Waals surface area contributed by atoms with Crippen molar-refractivity contribution >= 4 is 62.2 Å². The lowest BCUT2D eigenvalue weighted by Gasteiger charge is -2.00. The minimum atomic E-state index is -0.579. The zero-order valence-corrected chi connectivity index (χ0v) is 16.6. The van der Waals surface area contributed by atoms with Crippen molar-refractivity contribution in [3.05, 3.63) is 45.0 Å². The van der Waals surface area contributed by atoms with E-state index >= 15 is 0 Å². The maximum Gasteiger partial charge on any atom is 0.270 e. The molecule has 0 atom stereocenters. The summed E-state index contributed by atoms with van der Waals surface area (Å²) < 4.78 is 0.484. The number of rotatable bonds is 7. The molecule has 0 spiro atoms. The van der Waals surface area contributed by atoms with Gasteiger partial charge in [-0.3, -0.25) is 30.3 Å². The molecule has 0 unspecified atom stereocenters. The summed E-state index contributed by atoms with van der Waals surface area (Å²) in [4.78, 5) is 34.3. The fourth-order valence-electron chi connectivity index (χ4n) is 1.88. The van der Waals surface area contributed by atoms with E-state index < -0.39 is 10.8 Å². The number of thioether (sulfide) groups is 1. The molecule has 11 nitrogen and oxygen atoms in total. The molecular formula is C14H11N7O4S3. The van der Waals surface area contributed by atoms with Gasteiger partial charge in [0.1, 0.15) is 5.01 Å². The number of hydrogen-bond acceptors (Lipinski definition) is 11. The first-order chi connectivity index (χ1) is 13.4. The molecule has 2 aromatic heterocycles. The number of carbonyl (C=O) groups excluding carboxylic acids is 2. The second-order valence-electron chi connectivity index (χ2n) is 5.10. The van der Waals surface area contributed by atoms with Crippen LogP contribution >= 0.6 is 34.4 Å². The molecule has 0 bridgehead atoms. The Morgan fingerprint density at radius 1 is 1.14 bits per heavy atom. The van der Waals surface area contributed by atoms with Crippen molar-refractivity contribution in [1.82, 2.24) is 20.4 Å². The van der Waals surface area contributed by atoms with E-state index in [0.717, 1.165) is 28.1 Å². The van der Waals surface area contributed by atoms with Crippen LogP contribution in [0.1, 0.15) is 15.4 Å². The van der Waals surface area contributed by atoms with Crippen LogP contribution in [-0.2, 0) is 4.79 Å². The summed E-state index contributed by atoms with van der Waals surface area (Å²) in [6, 6.07) is 5.35. The molecule has 1 aromatic carbocycles. The Balaban J connectivity index is 1.53. The van der Waals surface area contributed by atoms with Gasteiger partial charge in [-0.25, -0.2) is 0 Å². The molecule has 14 heteroatoms. The van der Waals surface area contributed by atoms with Crippen LogP contribution in [0.2, 0.25) is 0 Å². The highest BCUT2D eigenvalue weighted by Gasteiger charge is 2.15. The number of carbonyl (C=O) groups is 2. The van der Waals surface area contributed by atoms with Gasteiger partial charge in [-0.15, -0.1) is 20.4 Å². The molecule has 0 saturated carbocycles. The van der Waals surface area contributed by atoms with E-state index in [2.05, 4.69) is 31.0 Å². The Morgan fingerprint density at radius 2 is 1.89 bits per heavy atom. The summed E-state index contributed by atoms with van der Waals surface area (Å²) >= 11 is 3.51. The monoisotopic (exact) mass is 437 g/mol. The molecule has 28 heavy (non-hydrogen) atoms. The maximum absolute atomic E-state index is 12.2. The van der Waals surface area contributed by atoms with Gasteiger partial charge in [0, 0.05) is 17.7 Å². The number of nitro benzene ring substituents is 1. The minimum Gasteiger partial charge on any atom is -0.300 e. The quantitative estimate of drug-likeness (QED) is 0.246. The number of aryl methyl sites for hydroxylation is 1. The van der Waals surface area contributed by atoms with Gasteiger partial charge in [0.15, 0.2) is 4.34 Å². The number of amides is 2. The van der Waals surface area contributed by atoms with E-state index in [0.29, 0.717) is 9.47 Å². The number of hydrogen-bond donors (Lipinski definition) is 2.